The quantitative estimate of drug-likeness (QED) is 0.331. The fourth-order valence-electron chi connectivity index (χ4n) is 5.49. The molecule has 0 unspecified atom stereocenters. The lowest BCUT2D eigenvalue weighted by Crippen LogP contribution is -2.26. The van der Waals surface area contributed by atoms with Crippen molar-refractivity contribution in [2.24, 2.45) is 0 Å². The number of benzene rings is 4. The van der Waals surface area contributed by atoms with Crippen LogP contribution >= 0.6 is 0 Å². The monoisotopic (exact) mass is 454 g/mol. The molecule has 1 aliphatic carbocycles. The van der Waals surface area contributed by atoms with Crippen molar-refractivity contribution in [1.82, 2.24) is 0 Å². The van der Waals surface area contributed by atoms with Crippen LogP contribution in [0.1, 0.15) is 43.4 Å². The fraction of sp³-hybridized carbons (Fsp3) is 0.152. The van der Waals surface area contributed by atoms with Gasteiger partial charge in [0.15, 0.2) is 0 Å². The zero-order valence-corrected chi connectivity index (χ0v) is 20.3. The predicted molar refractivity (Wildman–Crippen MR) is 149 cm³/mol. The maximum atomic E-state index is 3.65. The third kappa shape index (κ3) is 3.85. The van der Waals surface area contributed by atoms with Gasteiger partial charge in [0.2, 0.25) is 0 Å². The van der Waals surface area contributed by atoms with Crippen molar-refractivity contribution in [3.63, 3.8) is 0 Å². The summed E-state index contributed by atoms with van der Waals surface area (Å²) < 4.78 is 0. The van der Waals surface area contributed by atoms with Gasteiger partial charge in [-0.2, -0.15) is 0 Å². The number of hydrogen-bond acceptors (Lipinski definition) is 2. The third-order valence-electron chi connectivity index (χ3n) is 7.38. The third-order valence-corrected chi connectivity index (χ3v) is 7.38. The molecule has 0 saturated heterocycles. The number of fused-ring (bicyclic) bond motifs is 2. The van der Waals surface area contributed by atoms with Gasteiger partial charge < -0.3 is 10.2 Å². The Morgan fingerprint density at radius 3 is 1.91 bits per heavy atom. The van der Waals surface area contributed by atoms with Crippen LogP contribution in [0.5, 0.6) is 0 Å². The molecule has 0 radical (unpaired) electrons. The summed E-state index contributed by atoms with van der Waals surface area (Å²) in [6.07, 6.45) is 6.63. The highest BCUT2D eigenvalue weighted by Crippen LogP contribution is 2.46. The minimum atomic E-state index is -0.0408. The zero-order chi connectivity index (χ0) is 23.8. The Kier molecular flexibility index (Phi) is 5.30. The molecule has 2 nitrogen and oxygen atoms in total. The van der Waals surface area contributed by atoms with Crippen LogP contribution in [0, 0.1) is 0 Å². The summed E-state index contributed by atoms with van der Waals surface area (Å²) in [7, 11) is 0. The normalized spacial score (nSPS) is 15.7. The summed E-state index contributed by atoms with van der Waals surface area (Å²) in [5, 5.41) is 3.65. The van der Waals surface area contributed by atoms with Crippen LogP contribution in [0.4, 0.5) is 22.7 Å². The second kappa shape index (κ2) is 8.63. The van der Waals surface area contributed by atoms with Gasteiger partial charge in [0.05, 0.1) is 0 Å². The van der Waals surface area contributed by atoms with Crippen LogP contribution in [-0.2, 0) is 5.41 Å². The molecule has 0 bridgehead atoms. The minimum absolute atomic E-state index is 0.0408. The van der Waals surface area contributed by atoms with Crippen LogP contribution in [0.3, 0.4) is 0 Å². The van der Waals surface area contributed by atoms with Crippen LogP contribution in [0.2, 0.25) is 0 Å². The van der Waals surface area contributed by atoms with Crippen molar-refractivity contribution < 1.29 is 0 Å². The molecule has 0 saturated carbocycles. The highest BCUT2D eigenvalue weighted by molar-refractivity contribution is 5.80. The van der Waals surface area contributed by atoms with E-state index < -0.39 is 0 Å². The van der Waals surface area contributed by atoms with Gasteiger partial charge in [0.1, 0.15) is 0 Å². The number of para-hydroxylation sites is 3. The number of anilines is 4. The molecule has 0 amide bonds. The second-order valence-corrected chi connectivity index (χ2v) is 9.91. The molecular formula is C33H30N2. The van der Waals surface area contributed by atoms with Gasteiger partial charge in [-0.25, -0.2) is 0 Å². The average molecular weight is 455 g/mol. The Morgan fingerprint density at radius 2 is 1.26 bits per heavy atom. The first-order valence-electron chi connectivity index (χ1n) is 12.4. The minimum Gasteiger partial charge on any atom is -0.355 e. The Morgan fingerprint density at radius 1 is 0.629 bits per heavy atom. The first-order valence-corrected chi connectivity index (χ1v) is 12.4. The van der Waals surface area contributed by atoms with Crippen LogP contribution in [0.15, 0.2) is 121 Å². The van der Waals surface area contributed by atoms with E-state index in [1.54, 1.807) is 0 Å². The highest BCUT2D eigenvalue weighted by Gasteiger charge is 2.32. The molecule has 6 rings (SSSR count). The summed E-state index contributed by atoms with van der Waals surface area (Å²) in [5.74, 6) is 0. The topological polar surface area (TPSA) is 15.3 Å². The number of nitrogens with zero attached hydrogens (tertiary/aromatic N) is 1. The number of nitrogens with one attached hydrogen (secondary N) is 1. The van der Waals surface area contributed by atoms with E-state index in [4.69, 9.17) is 0 Å². The molecule has 1 aliphatic heterocycles. The summed E-state index contributed by atoms with van der Waals surface area (Å²) >= 11 is 0. The summed E-state index contributed by atoms with van der Waals surface area (Å²) in [4.78, 5) is 2.38. The van der Waals surface area contributed by atoms with E-state index >= 15 is 0 Å². The Hall–Kier alpha value is -4.04. The lowest BCUT2D eigenvalue weighted by atomic mass is 9.73. The van der Waals surface area contributed by atoms with Gasteiger partial charge in [0.25, 0.3) is 0 Å². The van der Waals surface area contributed by atoms with Crippen LogP contribution in [-0.4, -0.2) is 0 Å². The van der Waals surface area contributed by atoms with E-state index in [1.807, 2.05) is 0 Å². The van der Waals surface area contributed by atoms with Crippen molar-refractivity contribution in [2.75, 3.05) is 10.2 Å². The number of rotatable bonds is 4. The van der Waals surface area contributed by atoms with Gasteiger partial charge in [-0.1, -0.05) is 80.6 Å². The average Bonchev–Trinajstić information content (AvgIpc) is 2.91. The van der Waals surface area contributed by atoms with E-state index in [0.29, 0.717) is 0 Å². The Labute approximate surface area is 208 Å². The van der Waals surface area contributed by atoms with Crippen molar-refractivity contribution in [1.29, 1.82) is 0 Å². The highest BCUT2D eigenvalue weighted by atomic mass is 15.1. The molecule has 1 heterocycles. The second-order valence-electron chi connectivity index (χ2n) is 9.91. The smallest absolute Gasteiger partial charge is 0.0458 e. The van der Waals surface area contributed by atoms with Gasteiger partial charge >= 0.3 is 0 Å². The van der Waals surface area contributed by atoms with Crippen LogP contribution < -0.4 is 10.2 Å². The molecule has 0 spiro atoms. The Bertz CT molecular complexity index is 1390. The van der Waals surface area contributed by atoms with E-state index in [0.717, 1.165) is 12.8 Å². The molecule has 0 atom stereocenters. The number of hydrogen-bond donors (Lipinski definition) is 1. The molecule has 4 aromatic carbocycles. The lowest BCUT2D eigenvalue weighted by Gasteiger charge is -2.36. The van der Waals surface area contributed by atoms with E-state index in [2.05, 4.69) is 139 Å². The van der Waals surface area contributed by atoms with E-state index in [9.17, 15) is 0 Å². The van der Waals surface area contributed by atoms with Gasteiger partial charge in [-0.3, -0.25) is 0 Å². The van der Waals surface area contributed by atoms with Gasteiger partial charge in [-0.05, 0) is 83.6 Å². The standard InChI is InChI=1S/C33H30N2/c1-33(2)29-15-9-10-16-31(29)34-32-22-19-25(23-30(32)33)24-17-20-28(21-18-24)35(26-11-5-3-6-12-26)27-13-7-4-8-14-27/h3-17,19-20,22-23,34H,18,21H2,1-2H3. The molecule has 2 aliphatic rings. The van der Waals surface area contributed by atoms with Gasteiger partial charge in [-0.15, -0.1) is 0 Å². The maximum Gasteiger partial charge on any atom is 0.0458 e. The molecule has 4 aromatic rings. The van der Waals surface area contributed by atoms with Gasteiger partial charge in [0, 0.05) is 33.9 Å². The first kappa shape index (κ1) is 21.5. The van der Waals surface area contributed by atoms with Crippen molar-refractivity contribution >= 4 is 28.3 Å². The largest absolute Gasteiger partial charge is 0.355 e. The van der Waals surface area contributed by atoms with Crippen LogP contribution in [0.25, 0.3) is 5.57 Å². The van der Waals surface area contributed by atoms with Crippen molar-refractivity contribution in [3.8, 4) is 0 Å². The molecule has 35 heavy (non-hydrogen) atoms. The molecule has 2 heteroatoms. The lowest BCUT2D eigenvalue weighted by molar-refractivity contribution is 0.638. The van der Waals surface area contributed by atoms with E-state index in [1.165, 1.54) is 50.7 Å². The summed E-state index contributed by atoms with van der Waals surface area (Å²) in [5.41, 5.74) is 11.5. The molecule has 0 fully saturated rings. The van der Waals surface area contributed by atoms with Crippen molar-refractivity contribution in [2.45, 2.75) is 32.1 Å². The SMILES string of the molecule is CC1(C)c2ccccc2Nc2ccc(C3=CC=C(N(c4ccccc4)c4ccccc4)CC3)cc21. The maximum absolute atomic E-state index is 3.65. The molecule has 172 valence electrons. The molecule has 1 N–H and O–H groups in total. The summed E-state index contributed by atoms with van der Waals surface area (Å²) in [6, 6.07) is 36.9. The summed E-state index contributed by atoms with van der Waals surface area (Å²) in [6.45, 7) is 4.67. The van der Waals surface area contributed by atoms with E-state index in [-0.39, 0.29) is 5.41 Å². The predicted octanol–water partition coefficient (Wildman–Crippen LogP) is 8.97. The molecular weight excluding hydrogens is 424 g/mol. The Balaban J connectivity index is 1.36. The first-order chi connectivity index (χ1) is 17.1. The zero-order valence-electron chi connectivity index (χ0n) is 20.3. The van der Waals surface area contributed by atoms with Crippen molar-refractivity contribution in [3.05, 3.63) is 138 Å². The molecule has 0 aromatic heterocycles. The fourth-order valence-corrected chi connectivity index (χ4v) is 5.49. The number of allylic oxidation sites excluding steroid dienone is 4.